The van der Waals surface area contributed by atoms with Crippen molar-refractivity contribution in [3.8, 4) is 5.75 Å². The molecule has 0 unspecified atom stereocenters. The standard InChI is InChI=1S/C15H13Cl3N2O3/c16-15(17,18)10-23-14(21)20-13-12(7-4-8-19-13)22-9-11-5-2-1-3-6-11/h1-8H,9-10H2,(H,19,20,21). The Balaban J connectivity index is 1.96. The fraction of sp³-hybridized carbons (Fsp3) is 0.200. The number of nitrogens with one attached hydrogen (secondary N) is 1. The molecule has 1 N–H and O–H groups in total. The second-order valence-electron chi connectivity index (χ2n) is 4.44. The van der Waals surface area contributed by atoms with Crippen molar-refractivity contribution >= 4 is 46.7 Å². The monoisotopic (exact) mass is 374 g/mol. The Kier molecular flexibility index (Phi) is 6.33. The molecule has 0 aliphatic carbocycles. The molecule has 0 saturated heterocycles. The van der Waals surface area contributed by atoms with E-state index in [0.717, 1.165) is 5.56 Å². The van der Waals surface area contributed by atoms with Crippen molar-refractivity contribution in [2.45, 2.75) is 10.4 Å². The fourth-order valence-electron chi connectivity index (χ4n) is 1.62. The van der Waals surface area contributed by atoms with Gasteiger partial charge in [-0.1, -0.05) is 65.1 Å². The maximum Gasteiger partial charge on any atom is 0.413 e. The van der Waals surface area contributed by atoms with E-state index < -0.39 is 9.89 Å². The SMILES string of the molecule is O=C(Nc1ncccc1OCc1ccccc1)OCC(Cl)(Cl)Cl. The van der Waals surface area contributed by atoms with Crippen molar-refractivity contribution in [1.29, 1.82) is 0 Å². The number of nitrogens with zero attached hydrogens (tertiary/aromatic N) is 1. The molecular weight excluding hydrogens is 363 g/mol. The number of pyridine rings is 1. The average Bonchev–Trinajstić information content (AvgIpc) is 2.52. The molecule has 0 atom stereocenters. The summed E-state index contributed by atoms with van der Waals surface area (Å²) in [6.07, 6.45) is 0.722. The van der Waals surface area contributed by atoms with Crippen LogP contribution >= 0.6 is 34.8 Å². The normalized spacial score (nSPS) is 10.9. The van der Waals surface area contributed by atoms with Crippen molar-refractivity contribution in [2.75, 3.05) is 11.9 Å². The highest BCUT2D eigenvalue weighted by molar-refractivity contribution is 6.67. The maximum atomic E-state index is 11.7. The summed E-state index contributed by atoms with van der Waals surface area (Å²) in [5.74, 6) is 0.625. The molecule has 122 valence electrons. The molecule has 0 radical (unpaired) electrons. The van der Waals surface area contributed by atoms with Crippen molar-refractivity contribution in [2.24, 2.45) is 0 Å². The molecule has 1 heterocycles. The summed E-state index contributed by atoms with van der Waals surface area (Å²) in [6, 6.07) is 13.0. The summed E-state index contributed by atoms with van der Waals surface area (Å²) < 4.78 is 8.77. The number of ether oxygens (including phenoxy) is 2. The molecule has 1 amide bonds. The first-order valence-electron chi connectivity index (χ1n) is 6.56. The zero-order valence-electron chi connectivity index (χ0n) is 11.8. The molecule has 0 aliphatic heterocycles. The minimum Gasteiger partial charge on any atom is -0.485 e. The van der Waals surface area contributed by atoms with Gasteiger partial charge in [-0.2, -0.15) is 0 Å². The minimum atomic E-state index is -1.67. The molecule has 0 spiro atoms. The molecule has 5 nitrogen and oxygen atoms in total. The second kappa shape index (κ2) is 8.24. The van der Waals surface area contributed by atoms with Gasteiger partial charge in [0.25, 0.3) is 0 Å². The lowest BCUT2D eigenvalue weighted by atomic mass is 10.2. The first-order chi connectivity index (χ1) is 10.9. The number of rotatable bonds is 5. The van der Waals surface area contributed by atoms with Crippen molar-refractivity contribution in [3.63, 3.8) is 0 Å². The van der Waals surface area contributed by atoms with Crippen molar-refractivity contribution in [3.05, 3.63) is 54.2 Å². The van der Waals surface area contributed by atoms with Crippen LogP contribution in [0, 0.1) is 0 Å². The molecule has 2 aromatic rings. The average molecular weight is 376 g/mol. The number of alkyl halides is 3. The summed E-state index contributed by atoms with van der Waals surface area (Å²) in [5.41, 5.74) is 0.987. The molecule has 8 heteroatoms. The van der Waals surface area contributed by atoms with Crippen LogP contribution < -0.4 is 10.1 Å². The van der Waals surface area contributed by atoms with Gasteiger partial charge in [-0.05, 0) is 17.7 Å². The van der Waals surface area contributed by atoms with E-state index in [1.807, 2.05) is 30.3 Å². The van der Waals surface area contributed by atoms with Crippen LogP contribution in [0.1, 0.15) is 5.56 Å². The summed E-state index contributed by atoms with van der Waals surface area (Å²) in [6.45, 7) is -0.0407. The fourth-order valence-corrected chi connectivity index (χ4v) is 1.78. The number of benzene rings is 1. The Morgan fingerprint density at radius 3 is 2.57 bits per heavy atom. The molecule has 1 aromatic heterocycles. The molecule has 23 heavy (non-hydrogen) atoms. The van der Waals surface area contributed by atoms with E-state index in [2.05, 4.69) is 10.3 Å². The Morgan fingerprint density at radius 2 is 1.87 bits per heavy atom. The van der Waals surface area contributed by atoms with E-state index in [1.54, 1.807) is 12.1 Å². The Morgan fingerprint density at radius 1 is 1.13 bits per heavy atom. The molecule has 0 bridgehead atoms. The predicted octanol–water partition coefficient (Wildman–Crippen LogP) is 4.58. The van der Waals surface area contributed by atoms with Gasteiger partial charge in [-0.15, -0.1) is 0 Å². The quantitative estimate of drug-likeness (QED) is 0.777. The largest absolute Gasteiger partial charge is 0.485 e. The van der Waals surface area contributed by atoms with E-state index >= 15 is 0 Å². The highest BCUT2D eigenvalue weighted by Crippen LogP contribution is 2.26. The van der Waals surface area contributed by atoms with Crippen LogP contribution in [0.4, 0.5) is 10.6 Å². The number of hydrogen-bond donors (Lipinski definition) is 1. The molecular formula is C15H13Cl3N2O3. The van der Waals surface area contributed by atoms with Crippen LogP contribution in [0.2, 0.25) is 0 Å². The number of hydrogen-bond acceptors (Lipinski definition) is 4. The second-order valence-corrected chi connectivity index (χ2v) is 6.96. The van der Waals surface area contributed by atoms with Gasteiger partial charge in [-0.3, -0.25) is 5.32 Å². The zero-order chi connectivity index (χ0) is 16.7. The van der Waals surface area contributed by atoms with E-state index in [-0.39, 0.29) is 12.4 Å². The molecule has 0 fully saturated rings. The smallest absolute Gasteiger partial charge is 0.413 e. The minimum absolute atomic E-state index is 0.220. The van der Waals surface area contributed by atoms with Crippen molar-refractivity contribution < 1.29 is 14.3 Å². The van der Waals surface area contributed by atoms with E-state index in [4.69, 9.17) is 44.3 Å². The van der Waals surface area contributed by atoms with Crippen LogP contribution in [0.25, 0.3) is 0 Å². The third-order valence-electron chi connectivity index (χ3n) is 2.60. The highest BCUT2D eigenvalue weighted by atomic mass is 35.6. The predicted molar refractivity (Wildman–Crippen MR) is 90.3 cm³/mol. The third kappa shape index (κ3) is 6.52. The maximum absolute atomic E-state index is 11.7. The molecule has 2 rings (SSSR count). The van der Waals surface area contributed by atoms with E-state index in [9.17, 15) is 4.79 Å². The van der Waals surface area contributed by atoms with Crippen LogP contribution in [0.15, 0.2) is 48.7 Å². The Hall–Kier alpha value is -1.69. The zero-order valence-corrected chi connectivity index (χ0v) is 14.1. The first-order valence-corrected chi connectivity index (χ1v) is 7.70. The third-order valence-corrected chi connectivity index (χ3v) is 2.92. The van der Waals surface area contributed by atoms with Gasteiger partial charge < -0.3 is 9.47 Å². The van der Waals surface area contributed by atoms with Gasteiger partial charge >= 0.3 is 6.09 Å². The van der Waals surface area contributed by atoms with Gasteiger partial charge in [0, 0.05) is 6.20 Å². The Bertz CT molecular complexity index is 648. The van der Waals surface area contributed by atoms with Crippen LogP contribution in [-0.4, -0.2) is 21.5 Å². The first kappa shape index (κ1) is 17.7. The highest BCUT2D eigenvalue weighted by Gasteiger charge is 2.22. The van der Waals surface area contributed by atoms with E-state index in [0.29, 0.717) is 12.4 Å². The number of carbonyl (C=O) groups excluding carboxylic acids is 1. The van der Waals surface area contributed by atoms with Gasteiger partial charge in [0.1, 0.15) is 13.2 Å². The lowest BCUT2D eigenvalue weighted by Gasteiger charge is -2.13. The topological polar surface area (TPSA) is 60.5 Å². The van der Waals surface area contributed by atoms with Crippen LogP contribution in [0.3, 0.4) is 0 Å². The summed E-state index contributed by atoms with van der Waals surface area (Å²) >= 11 is 16.5. The molecule has 0 aliphatic rings. The molecule has 1 aromatic carbocycles. The van der Waals surface area contributed by atoms with Gasteiger partial charge in [0.15, 0.2) is 11.6 Å². The van der Waals surface area contributed by atoms with Gasteiger partial charge in [0.2, 0.25) is 3.79 Å². The lowest BCUT2D eigenvalue weighted by molar-refractivity contribution is 0.163. The summed E-state index contributed by atoms with van der Waals surface area (Å²) in [5, 5.41) is 2.45. The Labute approximate surface area is 148 Å². The van der Waals surface area contributed by atoms with Crippen LogP contribution in [0.5, 0.6) is 5.75 Å². The number of aromatic nitrogens is 1. The number of amides is 1. The number of anilines is 1. The summed E-state index contributed by atoms with van der Waals surface area (Å²) in [4.78, 5) is 15.7. The lowest BCUT2D eigenvalue weighted by Crippen LogP contribution is -2.22. The van der Waals surface area contributed by atoms with Gasteiger partial charge in [0.05, 0.1) is 0 Å². The van der Waals surface area contributed by atoms with Crippen LogP contribution in [-0.2, 0) is 11.3 Å². The number of halogens is 3. The van der Waals surface area contributed by atoms with Crippen molar-refractivity contribution in [1.82, 2.24) is 4.98 Å². The van der Waals surface area contributed by atoms with Gasteiger partial charge in [-0.25, -0.2) is 9.78 Å². The molecule has 0 saturated carbocycles. The van der Waals surface area contributed by atoms with E-state index in [1.165, 1.54) is 6.20 Å². The summed E-state index contributed by atoms with van der Waals surface area (Å²) in [7, 11) is 0. The number of carbonyl (C=O) groups is 1.